The number of fused-ring (bicyclic) bond motifs is 1. The molecule has 0 aliphatic heterocycles. The number of imidazole rings is 1. The van der Waals surface area contributed by atoms with Crippen LogP contribution in [0.15, 0.2) is 152 Å². The van der Waals surface area contributed by atoms with E-state index in [1.54, 1.807) is 0 Å². The number of phenolic OH excluding ortho intramolecular Hbond substituents is 1. The van der Waals surface area contributed by atoms with Crippen LogP contribution in [0, 0.1) is 13.0 Å². The van der Waals surface area contributed by atoms with E-state index in [0.717, 1.165) is 72.5 Å². The predicted molar refractivity (Wildman–Crippen MR) is 310 cm³/mol. The molecular weight excluding hydrogens is 1080 g/mol. The van der Waals surface area contributed by atoms with Gasteiger partial charge in [-0.3, -0.25) is 9.55 Å². The third-order valence-corrected chi connectivity index (χ3v) is 14.6. The Labute approximate surface area is 456 Å². The van der Waals surface area contributed by atoms with Gasteiger partial charge in [-0.2, -0.15) is 0 Å². The van der Waals surface area contributed by atoms with E-state index in [2.05, 4.69) is 267 Å². The zero-order chi connectivity index (χ0) is 52.6. The minimum absolute atomic E-state index is 0. The molecule has 9 rings (SSSR count). The van der Waals surface area contributed by atoms with Crippen LogP contribution in [0.1, 0.15) is 137 Å². The van der Waals surface area contributed by atoms with Crippen molar-refractivity contribution >= 4 is 11.0 Å². The van der Waals surface area contributed by atoms with Gasteiger partial charge in [0.15, 0.2) is 0 Å². The Morgan fingerprint density at radius 2 is 1.01 bits per heavy atom. The van der Waals surface area contributed by atoms with Crippen molar-refractivity contribution < 1.29 is 26.2 Å². The molecule has 0 saturated heterocycles. The quantitative estimate of drug-likeness (QED) is 0.162. The van der Waals surface area contributed by atoms with Crippen LogP contribution in [0.2, 0.25) is 0 Å². The third kappa shape index (κ3) is 10.8. The second kappa shape index (κ2) is 19.7. The molecule has 74 heavy (non-hydrogen) atoms. The van der Waals surface area contributed by atoms with Crippen LogP contribution in [-0.4, -0.2) is 19.6 Å². The number of hydrogen-bond acceptors (Lipinski definition) is 3. The van der Waals surface area contributed by atoms with Gasteiger partial charge in [0.05, 0.1) is 22.3 Å². The SMILES string of the molecule is Cc1cc(C(C)(C)C)ccc1-c1ccc(-c2ccnc(-c3[c-]c(-c4cccc5c4nc(-c4cc(C(C)(C)C)cc(C(C)(C)C)c4O)n5-c4ccc(C(C)(C)C)cc4-c4ccccc4)cc(C(C)(C)C)c3)c2)cc1.[Pt]. The van der Waals surface area contributed by atoms with Crippen LogP contribution in [0.5, 0.6) is 5.75 Å². The van der Waals surface area contributed by atoms with Gasteiger partial charge in [-0.15, -0.1) is 29.3 Å². The Hall–Kier alpha value is -6.35. The van der Waals surface area contributed by atoms with Crippen molar-refractivity contribution in [2.24, 2.45) is 0 Å². The molecule has 0 fully saturated rings. The molecule has 9 aromatic rings. The second-order valence-corrected chi connectivity index (χ2v) is 25.4. The first-order valence-electron chi connectivity index (χ1n) is 26.0. The van der Waals surface area contributed by atoms with Crippen LogP contribution in [0.3, 0.4) is 0 Å². The van der Waals surface area contributed by atoms with Crippen LogP contribution in [-0.2, 0) is 48.1 Å². The Morgan fingerprint density at radius 1 is 0.446 bits per heavy atom. The third-order valence-electron chi connectivity index (χ3n) is 14.6. The van der Waals surface area contributed by atoms with Crippen molar-refractivity contribution in [3.63, 3.8) is 0 Å². The summed E-state index contributed by atoms with van der Waals surface area (Å²) in [6.45, 7) is 35.8. The second-order valence-electron chi connectivity index (χ2n) is 25.4. The molecule has 0 bridgehead atoms. The number of hydrogen-bond donors (Lipinski definition) is 1. The fourth-order valence-electron chi connectivity index (χ4n) is 9.94. The Balaban J connectivity index is 0.00000729. The number of aryl methyl sites for hydroxylation is 1. The first-order valence-corrected chi connectivity index (χ1v) is 26.0. The summed E-state index contributed by atoms with van der Waals surface area (Å²) in [4.78, 5) is 10.7. The normalized spacial score (nSPS) is 12.5. The number of pyridine rings is 1. The van der Waals surface area contributed by atoms with Crippen LogP contribution in [0.25, 0.3) is 83.9 Å². The fourth-order valence-corrected chi connectivity index (χ4v) is 9.94. The molecule has 5 heteroatoms. The average Bonchev–Trinajstić information content (AvgIpc) is 3.72. The molecular formula is C69H74N3OPt-. The van der Waals surface area contributed by atoms with Crippen molar-refractivity contribution in [2.75, 3.05) is 0 Å². The first kappa shape index (κ1) is 53.9. The Kier molecular flexibility index (Phi) is 14.4. The molecule has 1 N–H and O–H groups in total. The number of para-hydroxylation sites is 1. The standard InChI is InChI=1S/C69H74N3O.Pt/c1-43-35-50(65(2,3)4)29-31-54(43)46-27-25-44(26-28-46)47-33-34-70-59(39-47)49-36-48(37-52(38-49)67(8,9)10)55-23-20-24-61-62(55)71-64(57-41-53(68(11,12)13)42-58(63(57)73)69(14,15)16)72(61)60-32-30-51(66(5,6)7)40-56(60)45-21-18-17-19-22-45;/h17-35,37-42,73H,1-16H3;/q-1;. The number of aromatic hydroxyl groups is 1. The predicted octanol–water partition coefficient (Wildman–Crippen LogP) is 18.7. The van der Waals surface area contributed by atoms with Crippen LogP contribution in [0.4, 0.5) is 0 Å². The number of aromatic nitrogens is 3. The molecule has 0 amide bonds. The Bertz CT molecular complexity index is 3530. The van der Waals surface area contributed by atoms with Crippen molar-refractivity contribution in [1.29, 1.82) is 0 Å². The summed E-state index contributed by atoms with van der Waals surface area (Å²) in [7, 11) is 0. The van der Waals surface area contributed by atoms with Gasteiger partial charge in [0, 0.05) is 44.1 Å². The summed E-state index contributed by atoms with van der Waals surface area (Å²) in [6, 6.07) is 56.8. The van der Waals surface area contributed by atoms with Gasteiger partial charge in [-0.05, 0) is 114 Å². The molecule has 0 aliphatic carbocycles. The zero-order valence-corrected chi connectivity index (χ0v) is 48.8. The van der Waals surface area contributed by atoms with E-state index in [4.69, 9.17) is 9.97 Å². The van der Waals surface area contributed by atoms with E-state index in [1.165, 1.54) is 33.4 Å². The first-order chi connectivity index (χ1) is 34.2. The van der Waals surface area contributed by atoms with E-state index in [9.17, 15) is 5.11 Å². The van der Waals surface area contributed by atoms with Crippen LogP contribution < -0.4 is 0 Å². The molecule has 0 aliphatic rings. The van der Waals surface area contributed by atoms with Gasteiger partial charge in [0.25, 0.3) is 0 Å². The molecule has 2 aromatic heterocycles. The molecule has 4 nitrogen and oxygen atoms in total. The molecule has 382 valence electrons. The molecule has 0 saturated carbocycles. The van der Waals surface area contributed by atoms with E-state index in [-0.39, 0.29) is 53.9 Å². The maximum atomic E-state index is 12.6. The number of rotatable bonds is 7. The minimum Gasteiger partial charge on any atom is -0.507 e. The maximum absolute atomic E-state index is 12.6. The van der Waals surface area contributed by atoms with Gasteiger partial charge in [0.1, 0.15) is 11.6 Å². The fraction of sp³-hybridized carbons (Fsp3) is 0.304. The summed E-state index contributed by atoms with van der Waals surface area (Å²) in [5.74, 6) is 0.933. The molecule has 0 spiro atoms. The molecule has 0 unspecified atom stereocenters. The van der Waals surface area contributed by atoms with Crippen molar-refractivity contribution in [2.45, 2.75) is 138 Å². The Morgan fingerprint density at radius 3 is 1.64 bits per heavy atom. The maximum Gasteiger partial charge on any atom is 0.148 e. The largest absolute Gasteiger partial charge is 0.507 e. The van der Waals surface area contributed by atoms with Gasteiger partial charge < -0.3 is 5.11 Å². The smallest absolute Gasteiger partial charge is 0.148 e. The van der Waals surface area contributed by atoms with Gasteiger partial charge in [0.2, 0.25) is 0 Å². The summed E-state index contributed by atoms with van der Waals surface area (Å²) in [6.07, 6.45) is 1.92. The van der Waals surface area contributed by atoms with Crippen molar-refractivity contribution in [3.8, 4) is 78.6 Å². The number of benzene rings is 7. The van der Waals surface area contributed by atoms with E-state index >= 15 is 0 Å². The summed E-state index contributed by atoms with van der Waals surface area (Å²) >= 11 is 0. The average molecular weight is 1160 g/mol. The minimum atomic E-state index is -0.336. The van der Waals surface area contributed by atoms with E-state index in [0.29, 0.717) is 11.4 Å². The molecule has 7 aromatic carbocycles. The van der Waals surface area contributed by atoms with Gasteiger partial charge in [-0.1, -0.05) is 218 Å². The summed E-state index contributed by atoms with van der Waals surface area (Å²) in [5.41, 5.74) is 20.4. The topological polar surface area (TPSA) is 50.9 Å². The van der Waals surface area contributed by atoms with Gasteiger partial charge in [-0.25, -0.2) is 4.98 Å². The summed E-state index contributed by atoms with van der Waals surface area (Å²) in [5, 5.41) is 12.6. The van der Waals surface area contributed by atoms with Crippen LogP contribution >= 0.6 is 0 Å². The van der Waals surface area contributed by atoms with Crippen molar-refractivity contribution in [3.05, 3.63) is 191 Å². The molecule has 2 heterocycles. The van der Waals surface area contributed by atoms with Crippen molar-refractivity contribution in [1.82, 2.24) is 14.5 Å². The summed E-state index contributed by atoms with van der Waals surface area (Å²) < 4.78 is 2.29. The number of nitrogens with zero attached hydrogens (tertiary/aromatic N) is 3. The van der Waals surface area contributed by atoms with E-state index < -0.39 is 0 Å². The number of phenols is 1. The molecule has 0 atom stereocenters. The molecule has 0 radical (unpaired) electrons. The zero-order valence-electron chi connectivity index (χ0n) is 46.5. The van der Waals surface area contributed by atoms with Gasteiger partial charge >= 0.3 is 0 Å². The van der Waals surface area contributed by atoms with E-state index in [1.807, 2.05) is 6.20 Å². The monoisotopic (exact) mass is 1160 g/mol.